The summed E-state index contributed by atoms with van der Waals surface area (Å²) in [6, 6.07) is 11.4. The van der Waals surface area contributed by atoms with Crippen LogP contribution in [0.4, 0.5) is 0 Å². The van der Waals surface area contributed by atoms with E-state index in [1.165, 1.54) is 5.56 Å². The number of rotatable bonds is 8. The van der Waals surface area contributed by atoms with Crippen LogP contribution in [0, 0.1) is 13.8 Å². The molecule has 0 aromatic heterocycles. The van der Waals surface area contributed by atoms with Crippen LogP contribution in [0.3, 0.4) is 0 Å². The molecular formula is C20H25NO4. The van der Waals surface area contributed by atoms with Crippen molar-refractivity contribution < 1.29 is 19.0 Å². The van der Waals surface area contributed by atoms with Crippen molar-refractivity contribution in [2.24, 2.45) is 0 Å². The van der Waals surface area contributed by atoms with Crippen LogP contribution in [-0.4, -0.2) is 33.3 Å². The first-order valence-corrected chi connectivity index (χ1v) is 8.21. The van der Waals surface area contributed by atoms with E-state index < -0.39 is 0 Å². The Morgan fingerprint density at radius 1 is 0.960 bits per heavy atom. The molecule has 2 rings (SSSR count). The molecule has 0 bridgehead atoms. The number of amides is 1. The Morgan fingerprint density at radius 2 is 1.72 bits per heavy atom. The molecule has 0 spiro atoms. The Kier molecular flexibility index (Phi) is 6.69. The van der Waals surface area contributed by atoms with Gasteiger partial charge in [-0.3, -0.25) is 4.79 Å². The van der Waals surface area contributed by atoms with Crippen LogP contribution in [0.2, 0.25) is 0 Å². The van der Waals surface area contributed by atoms with Crippen LogP contribution in [0.1, 0.15) is 16.7 Å². The molecule has 5 nitrogen and oxygen atoms in total. The Balaban J connectivity index is 1.79. The van der Waals surface area contributed by atoms with Gasteiger partial charge in [0.15, 0.2) is 6.61 Å². The van der Waals surface area contributed by atoms with Crippen molar-refractivity contribution in [2.75, 3.05) is 27.4 Å². The second-order valence-corrected chi connectivity index (χ2v) is 5.81. The highest BCUT2D eigenvalue weighted by atomic mass is 16.5. The predicted molar refractivity (Wildman–Crippen MR) is 97.7 cm³/mol. The van der Waals surface area contributed by atoms with E-state index in [1.54, 1.807) is 14.2 Å². The fourth-order valence-electron chi connectivity index (χ4n) is 2.40. The summed E-state index contributed by atoms with van der Waals surface area (Å²) in [6.45, 7) is 4.57. The zero-order chi connectivity index (χ0) is 18.2. The molecule has 0 saturated heterocycles. The number of carbonyl (C=O) groups is 1. The van der Waals surface area contributed by atoms with E-state index in [0.717, 1.165) is 22.6 Å². The van der Waals surface area contributed by atoms with Crippen LogP contribution in [0.15, 0.2) is 36.4 Å². The average molecular weight is 343 g/mol. The van der Waals surface area contributed by atoms with Gasteiger partial charge in [0.05, 0.1) is 14.2 Å². The van der Waals surface area contributed by atoms with Crippen molar-refractivity contribution in [2.45, 2.75) is 20.3 Å². The van der Waals surface area contributed by atoms with Gasteiger partial charge in [0, 0.05) is 12.6 Å². The van der Waals surface area contributed by atoms with Gasteiger partial charge >= 0.3 is 0 Å². The Morgan fingerprint density at radius 3 is 2.40 bits per heavy atom. The lowest BCUT2D eigenvalue weighted by Crippen LogP contribution is -2.30. The highest BCUT2D eigenvalue weighted by Crippen LogP contribution is 2.24. The summed E-state index contributed by atoms with van der Waals surface area (Å²) < 4.78 is 16.1. The number of nitrogens with one attached hydrogen (secondary N) is 1. The molecular weight excluding hydrogens is 318 g/mol. The van der Waals surface area contributed by atoms with Crippen molar-refractivity contribution in [1.29, 1.82) is 0 Å². The van der Waals surface area contributed by atoms with Crippen molar-refractivity contribution >= 4 is 5.91 Å². The second-order valence-electron chi connectivity index (χ2n) is 5.81. The van der Waals surface area contributed by atoms with Gasteiger partial charge in [-0.05, 0) is 55.2 Å². The van der Waals surface area contributed by atoms with E-state index in [2.05, 4.69) is 5.32 Å². The van der Waals surface area contributed by atoms with Crippen molar-refractivity contribution in [3.8, 4) is 17.2 Å². The first kappa shape index (κ1) is 18.6. The van der Waals surface area contributed by atoms with Crippen LogP contribution < -0.4 is 19.5 Å². The number of benzene rings is 2. The number of hydrogen-bond acceptors (Lipinski definition) is 4. The van der Waals surface area contributed by atoms with Gasteiger partial charge in [-0.1, -0.05) is 12.1 Å². The first-order valence-electron chi connectivity index (χ1n) is 8.21. The molecule has 0 aliphatic carbocycles. The largest absolute Gasteiger partial charge is 0.497 e. The van der Waals surface area contributed by atoms with E-state index in [1.807, 2.05) is 50.2 Å². The number of hydrogen-bond donors (Lipinski definition) is 1. The average Bonchev–Trinajstić information content (AvgIpc) is 2.62. The molecule has 1 N–H and O–H groups in total. The standard InChI is InChI=1S/C20H25NO4/c1-14-5-7-18(11-15(14)2)25-13-20(22)21-10-9-16-6-8-17(23-3)12-19(16)24-4/h5-8,11-12H,9-10,13H2,1-4H3,(H,21,22). The Bertz CT molecular complexity index is 728. The summed E-state index contributed by atoms with van der Waals surface area (Å²) in [4.78, 5) is 11.9. The fraction of sp³-hybridized carbons (Fsp3) is 0.350. The molecule has 25 heavy (non-hydrogen) atoms. The molecule has 5 heteroatoms. The maximum atomic E-state index is 11.9. The molecule has 2 aromatic rings. The molecule has 0 aliphatic rings. The third kappa shape index (κ3) is 5.41. The Hall–Kier alpha value is -2.69. The summed E-state index contributed by atoms with van der Waals surface area (Å²) >= 11 is 0. The van der Waals surface area contributed by atoms with Crippen LogP contribution in [0.25, 0.3) is 0 Å². The third-order valence-electron chi connectivity index (χ3n) is 4.06. The maximum absolute atomic E-state index is 11.9. The van der Waals surface area contributed by atoms with Crippen LogP contribution in [-0.2, 0) is 11.2 Å². The summed E-state index contributed by atoms with van der Waals surface area (Å²) in [5.74, 6) is 2.05. The predicted octanol–water partition coefficient (Wildman–Crippen LogP) is 3.06. The molecule has 0 aliphatic heterocycles. The van der Waals surface area contributed by atoms with Crippen molar-refractivity contribution in [3.05, 3.63) is 53.1 Å². The molecule has 1 amide bonds. The first-order chi connectivity index (χ1) is 12.0. The van der Waals surface area contributed by atoms with E-state index >= 15 is 0 Å². The monoisotopic (exact) mass is 343 g/mol. The molecule has 0 fully saturated rings. The van der Waals surface area contributed by atoms with E-state index in [0.29, 0.717) is 18.7 Å². The third-order valence-corrected chi connectivity index (χ3v) is 4.06. The zero-order valence-electron chi connectivity index (χ0n) is 15.2. The second kappa shape index (κ2) is 8.97. The summed E-state index contributed by atoms with van der Waals surface area (Å²) in [6.07, 6.45) is 0.669. The van der Waals surface area contributed by atoms with Crippen LogP contribution >= 0.6 is 0 Å². The highest BCUT2D eigenvalue weighted by Gasteiger charge is 2.07. The highest BCUT2D eigenvalue weighted by molar-refractivity contribution is 5.77. The van der Waals surface area contributed by atoms with Gasteiger partial charge in [-0.15, -0.1) is 0 Å². The Labute approximate surface area is 148 Å². The number of methoxy groups -OCH3 is 2. The minimum atomic E-state index is -0.147. The summed E-state index contributed by atoms with van der Waals surface area (Å²) in [5, 5.41) is 2.86. The SMILES string of the molecule is COc1ccc(CCNC(=O)COc2ccc(C)c(C)c2)c(OC)c1. The van der Waals surface area contributed by atoms with Gasteiger partial charge in [-0.2, -0.15) is 0 Å². The molecule has 0 radical (unpaired) electrons. The number of carbonyl (C=O) groups excluding carboxylic acids is 1. The van der Waals surface area contributed by atoms with Gasteiger partial charge in [0.2, 0.25) is 0 Å². The topological polar surface area (TPSA) is 56.8 Å². The smallest absolute Gasteiger partial charge is 0.257 e. The van der Waals surface area contributed by atoms with Gasteiger partial charge in [0.25, 0.3) is 5.91 Å². The zero-order valence-corrected chi connectivity index (χ0v) is 15.2. The lowest BCUT2D eigenvalue weighted by atomic mass is 10.1. The quantitative estimate of drug-likeness (QED) is 0.800. The normalized spacial score (nSPS) is 10.2. The summed E-state index contributed by atoms with van der Waals surface area (Å²) in [7, 11) is 3.23. The van der Waals surface area contributed by atoms with E-state index in [9.17, 15) is 4.79 Å². The maximum Gasteiger partial charge on any atom is 0.257 e. The number of aryl methyl sites for hydroxylation is 2. The summed E-state index contributed by atoms with van der Waals surface area (Å²) in [5.41, 5.74) is 3.36. The lowest BCUT2D eigenvalue weighted by molar-refractivity contribution is -0.123. The van der Waals surface area contributed by atoms with Gasteiger partial charge in [-0.25, -0.2) is 0 Å². The number of ether oxygens (including phenoxy) is 3. The fourth-order valence-corrected chi connectivity index (χ4v) is 2.40. The van der Waals surface area contributed by atoms with Crippen molar-refractivity contribution in [3.63, 3.8) is 0 Å². The molecule has 2 aromatic carbocycles. The molecule has 0 atom stereocenters. The molecule has 134 valence electrons. The minimum absolute atomic E-state index is 0.00223. The molecule has 0 heterocycles. The van der Waals surface area contributed by atoms with Crippen LogP contribution in [0.5, 0.6) is 17.2 Å². The van der Waals surface area contributed by atoms with Gasteiger partial charge in [0.1, 0.15) is 17.2 Å². The van der Waals surface area contributed by atoms with Crippen molar-refractivity contribution in [1.82, 2.24) is 5.32 Å². The van der Waals surface area contributed by atoms with E-state index in [4.69, 9.17) is 14.2 Å². The molecule has 0 unspecified atom stereocenters. The molecule has 0 saturated carbocycles. The van der Waals surface area contributed by atoms with Gasteiger partial charge < -0.3 is 19.5 Å². The lowest BCUT2D eigenvalue weighted by Gasteiger charge is -2.11. The minimum Gasteiger partial charge on any atom is -0.497 e. The van der Waals surface area contributed by atoms with E-state index in [-0.39, 0.29) is 12.5 Å².